The SMILES string of the molecule is NC(=O)c1ccccc1-c1ccc(OCc2ccccc2)cc1. The molecule has 0 aromatic heterocycles. The van der Waals surface area contributed by atoms with Crippen LogP contribution in [0.5, 0.6) is 5.75 Å². The van der Waals surface area contributed by atoms with Gasteiger partial charge in [-0.25, -0.2) is 0 Å². The van der Waals surface area contributed by atoms with Crippen molar-refractivity contribution < 1.29 is 9.53 Å². The van der Waals surface area contributed by atoms with Gasteiger partial charge < -0.3 is 10.5 Å². The fraction of sp³-hybridized carbons (Fsp3) is 0.0500. The van der Waals surface area contributed by atoms with Crippen molar-refractivity contribution in [2.24, 2.45) is 5.73 Å². The first-order valence-electron chi connectivity index (χ1n) is 7.40. The number of carbonyl (C=O) groups is 1. The molecule has 3 nitrogen and oxygen atoms in total. The summed E-state index contributed by atoms with van der Waals surface area (Å²) < 4.78 is 5.77. The average molecular weight is 303 g/mol. The molecule has 3 rings (SSSR count). The molecule has 0 aliphatic rings. The van der Waals surface area contributed by atoms with Crippen LogP contribution in [0.15, 0.2) is 78.9 Å². The Hall–Kier alpha value is -3.07. The Morgan fingerprint density at radius 3 is 2.17 bits per heavy atom. The molecule has 0 atom stereocenters. The minimum absolute atomic E-state index is 0.426. The Bertz CT molecular complexity index is 795. The second kappa shape index (κ2) is 6.79. The first-order valence-corrected chi connectivity index (χ1v) is 7.40. The van der Waals surface area contributed by atoms with Crippen molar-refractivity contribution in [3.63, 3.8) is 0 Å². The van der Waals surface area contributed by atoms with Crippen LogP contribution in [0.1, 0.15) is 15.9 Å². The zero-order chi connectivity index (χ0) is 16.1. The van der Waals surface area contributed by atoms with Crippen LogP contribution in [-0.4, -0.2) is 5.91 Å². The molecular formula is C20H17NO2. The zero-order valence-electron chi connectivity index (χ0n) is 12.6. The first kappa shape index (κ1) is 14.9. The Morgan fingerprint density at radius 1 is 0.826 bits per heavy atom. The molecule has 0 bridgehead atoms. The number of benzene rings is 3. The summed E-state index contributed by atoms with van der Waals surface area (Å²) in [5.74, 6) is 0.360. The molecule has 0 heterocycles. The van der Waals surface area contributed by atoms with Gasteiger partial charge in [0.1, 0.15) is 12.4 Å². The number of amides is 1. The third kappa shape index (κ3) is 3.58. The normalized spacial score (nSPS) is 10.3. The molecule has 0 fully saturated rings. The summed E-state index contributed by atoms with van der Waals surface area (Å²) in [6.07, 6.45) is 0. The monoisotopic (exact) mass is 303 g/mol. The van der Waals surface area contributed by atoms with E-state index < -0.39 is 5.91 Å². The van der Waals surface area contributed by atoms with Gasteiger partial charge in [0.25, 0.3) is 0 Å². The predicted molar refractivity (Wildman–Crippen MR) is 91.2 cm³/mol. The van der Waals surface area contributed by atoms with E-state index in [4.69, 9.17) is 10.5 Å². The number of ether oxygens (including phenoxy) is 1. The van der Waals surface area contributed by atoms with Crippen LogP contribution in [0, 0.1) is 0 Å². The third-order valence-electron chi connectivity index (χ3n) is 3.61. The highest BCUT2D eigenvalue weighted by molar-refractivity contribution is 5.99. The molecule has 23 heavy (non-hydrogen) atoms. The van der Waals surface area contributed by atoms with E-state index in [1.54, 1.807) is 12.1 Å². The molecular weight excluding hydrogens is 286 g/mol. The van der Waals surface area contributed by atoms with Crippen molar-refractivity contribution in [1.29, 1.82) is 0 Å². The van der Waals surface area contributed by atoms with Crippen LogP contribution in [0.4, 0.5) is 0 Å². The number of rotatable bonds is 5. The van der Waals surface area contributed by atoms with E-state index in [9.17, 15) is 4.79 Å². The summed E-state index contributed by atoms with van der Waals surface area (Å²) in [6, 6.07) is 25.0. The lowest BCUT2D eigenvalue weighted by atomic mass is 9.99. The fourth-order valence-corrected chi connectivity index (χ4v) is 2.42. The number of carbonyl (C=O) groups excluding carboxylic acids is 1. The Morgan fingerprint density at radius 2 is 1.48 bits per heavy atom. The number of hydrogen-bond acceptors (Lipinski definition) is 2. The molecule has 0 radical (unpaired) electrons. The van der Waals surface area contributed by atoms with Crippen molar-refractivity contribution in [1.82, 2.24) is 0 Å². The molecule has 0 unspecified atom stereocenters. The molecule has 1 amide bonds. The molecule has 3 aromatic rings. The van der Waals surface area contributed by atoms with Gasteiger partial charge in [-0.15, -0.1) is 0 Å². The van der Waals surface area contributed by atoms with Gasteiger partial charge in [0.05, 0.1) is 0 Å². The highest BCUT2D eigenvalue weighted by Gasteiger charge is 2.09. The molecule has 3 heteroatoms. The van der Waals surface area contributed by atoms with Crippen molar-refractivity contribution in [3.05, 3.63) is 90.0 Å². The van der Waals surface area contributed by atoms with Crippen molar-refractivity contribution in [3.8, 4) is 16.9 Å². The summed E-state index contributed by atoms with van der Waals surface area (Å²) >= 11 is 0. The van der Waals surface area contributed by atoms with E-state index in [1.807, 2.05) is 66.7 Å². The molecule has 2 N–H and O–H groups in total. The van der Waals surface area contributed by atoms with Crippen LogP contribution in [-0.2, 0) is 6.61 Å². The van der Waals surface area contributed by atoms with E-state index in [-0.39, 0.29) is 0 Å². The van der Waals surface area contributed by atoms with E-state index in [2.05, 4.69) is 0 Å². The molecule has 0 saturated heterocycles. The highest BCUT2D eigenvalue weighted by atomic mass is 16.5. The lowest BCUT2D eigenvalue weighted by Gasteiger charge is -2.09. The van der Waals surface area contributed by atoms with E-state index in [0.29, 0.717) is 12.2 Å². The topological polar surface area (TPSA) is 52.3 Å². The van der Waals surface area contributed by atoms with Gasteiger partial charge in [-0.2, -0.15) is 0 Å². The predicted octanol–water partition coefficient (Wildman–Crippen LogP) is 4.03. The lowest BCUT2D eigenvalue weighted by Crippen LogP contribution is -2.12. The Kier molecular flexibility index (Phi) is 4.39. The highest BCUT2D eigenvalue weighted by Crippen LogP contribution is 2.25. The summed E-state index contributed by atoms with van der Waals surface area (Å²) in [7, 11) is 0. The van der Waals surface area contributed by atoms with Gasteiger partial charge in [0.2, 0.25) is 5.91 Å². The van der Waals surface area contributed by atoms with E-state index in [0.717, 1.165) is 22.4 Å². The summed E-state index contributed by atoms with van der Waals surface area (Å²) in [4.78, 5) is 11.5. The largest absolute Gasteiger partial charge is 0.489 e. The summed E-state index contributed by atoms with van der Waals surface area (Å²) in [5.41, 5.74) is 8.84. The molecule has 3 aromatic carbocycles. The summed E-state index contributed by atoms with van der Waals surface area (Å²) in [6.45, 7) is 0.526. The van der Waals surface area contributed by atoms with Gasteiger partial charge in [0, 0.05) is 5.56 Å². The standard InChI is InChI=1S/C20H17NO2/c21-20(22)19-9-5-4-8-18(19)16-10-12-17(13-11-16)23-14-15-6-2-1-3-7-15/h1-13H,14H2,(H2,21,22). The van der Waals surface area contributed by atoms with Crippen molar-refractivity contribution in [2.45, 2.75) is 6.61 Å². The van der Waals surface area contributed by atoms with Crippen molar-refractivity contribution >= 4 is 5.91 Å². The van der Waals surface area contributed by atoms with E-state index in [1.165, 1.54) is 0 Å². The Labute approximate surface area is 135 Å². The van der Waals surface area contributed by atoms with Crippen LogP contribution in [0.2, 0.25) is 0 Å². The minimum atomic E-state index is -0.426. The molecule has 0 spiro atoms. The Balaban J connectivity index is 1.76. The zero-order valence-corrected chi connectivity index (χ0v) is 12.6. The van der Waals surface area contributed by atoms with Gasteiger partial charge in [-0.3, -0.25) is 4.79 Å². The van der Waals surface area contributed by atoms with Gasteiger partial charge in [-0.1, -0.05) is 60.7 Å². The van der Waals surface area contributed by atoms with E-state index >= 15 is 0 Å². The molecule has 0 aliphatic carbocycles. The van der Waals surface area contributed by atoms with Crippen molar-refractivity contribution in [2.75, 3.05) is 0 Å². The first-order chi connectivity index (χ1) is 11.2. The molecule has 0 aliphatic heterocycles. The van der Waals surface area contributed by atoms with Gasteiger partial charge in [0.15, 0.2) is 0 Å². The third-order valence-corrected chi connectivity index (χ3v) is 3.61. The molecule has 0 saturated carbocycles. The second-order valence-electron chi connectivity index (χ2n) is 5.21. The maximum Gasteiger partial charge on any atom is 0.249 e. The number of primary amides is 1. The van der Waals surface area contributed by atoms with Crippen LogP contribution < -0.4 is 10.5 Å². The smallest absolute Gasteiger partial charge is 0.249 e. The fourth-order valence-electron chi connectivity index (χ4n) is 2.42. The average Bonchev–Trinajstić information content (AvgIpc) is 2.61. The number of nitrogens with two attached hydrogens (primary N) is 1. The molecule has 114 valence electrons. The maximum absolute atomic E-state index is 11.5. The maximum atomic E-state index is 11.5. The lowest BCUT2D eigenvalue weighted by molar-refractivity contribution is 0.100. The van der Waals surface area contributed by atoms with Crippen LogP contribution in [0.25, 0.3) is 11.1 Å². The minimum Gasteiger partial charge on any atom is -0.489 e. The summed E-state index contributed by atoms with van der Waals surface area (Å²) in [5, 5.41) is 0. The van der Waals surface area contributed by atoms with Crippen LogP contribution in [0.3, 0.4) is 0 Å². The van der Waals surface area contributed by atoms with Gasteiger partial charge >= 0.3 is 0 Å². The number of hydrogen-bond donors (Lipinski definition) is 1. The quantitative estimate of drug-likeness (QED) is 0.773. The second-order valence-corrected chi connectivity index (χ2v) is 5.21. The van der Waals surface area contributed by atoms with Crippen LogP contribution >= 0.6 is 0 Å². The van der Waals surface area contributed by atoms with Gasteiger partial charge in [-0.05, 0) is 34.9 Å².